The Labute approximate surface area is 113 Å². The zero-order valence-corrected chi connectivity index (χ0v) is 10.9. The van der Waals surface area contributed by atoms with Gasteiger partial charge in [0.25, 0.3) is 5.56 Å². The Morgan fingerprint density at radius 3 is 2.63 bits per heavy atom. The van der Waals surface area contributed by atoms with Crippen molar-refractivity contribution in [3.05, 3.63) is 63.5 Å². The largest absolute Gasteiger partial charge is 0.392 e. The van der Waals surface area contributed by atoms with Crippen molar-refractivity contribution >= 4 is 21.6 Å². The van der Waals surface area contributed by atoms with Crippen molar-refractivity contribution in [2.75, 3.05) is 0 Å². The van der Waals surface area contributed by atoms with Crippen molar-refractivity contribution in [3.63, 3.8) is 0 Å². The van der Waals surface area contributed by atoms with Gasteiger partial charge < -0.3 is 5.11 Å². The van der Waals surface area contributed by atoms with E-state index in [0.717, 1.165) is 16.0 Å². The molecule has 0 radical (unpaired) electrons. The van der Waals surface area contributed by atoms with Crippen LogP contribution in [0, 0.1) is 0 Å². The maximum absolute atomic E-state index is 12.2. The minimum Gasteiger partial charge on any atom is -0.392 e. The lowest BCUT2D eigenvalue weighted by Crippen LogP contribution is -2.20. The molecule has 4 nitrogen and oxygen atoms in total. The number of fused-ring (bicyclic) bond motifs is 1. The lowest BCUT2D eigenvalue weighted by molar-refractivity contribution is 0.282. The molecule has 0 aliphatic heterocycles. The molecule has 0 fully saturated rings. The lowest BCUT2D eigenvalue weighted by Gasteiger charge is -2.06. The number of aromatic nitrogens is 2. The maximum Gasteiger partial charge on any atom is 0.262 e. The fourth-order valence-corrected chi connectivity index (χ4v) is 2.68. The Balaban J connectivity index is 1.95. The zero-order valence-electron chi connectivity index (χ0n) is 10.1. The van der Waals surface area contributed by atoms with Crippen LogP contribution in [0.1, 0.15) is 11.1 Å². The molecule has 0 saturated carbocycles. The van der Waals surface area contributed by atoms with Crippen molar-refractivity contribution in [3.8, 4) is 0 Å². The molecule has 0 saturated heterocycles. The number of aliphatic hydroxyl groups is 1. The second-order valence-corrected chi connectivity index (χ2v) is 5.19. The third-order valence-electron chi connectivity index (χ3n) is 3.01. The van der Waals surface area contributed by atoms with Crippen LogP contribution in [0.3, 0.4) is 0 Å². The molecular formula is C14H12N2O2S. The summed E-state index contributed by atoms with van der Waals surface area (Å²) in [7, 11) is 0. The van der Waals surface area contributed by atoms with E-state index in [1.165, 1.54) is 11.3 Å². The number of thiophene rings is 1. The molecule has 0 amide bonds. The molecule has 0 spiro atoms. The minimum absolute atomic E-state index is 0.0162. The van der Waals surface area contributed by atoms with Crippen molar-refractivity contribution in [1.82, 2.24) is 9.55 Å². The standard InChI is InChI=1S/C14H12N2O2S/c17-8-11-3-1-10(2-4-11)7-16-9-15-13-12(14(16)18)5-6-19-13/h1-6,9,17H,7-8H2. The van der Waals surface area contributed by atoms with E-state index < -0.39 is 0 Å². The van der Waals surface area contributed by atoms with Crippen molar-refractivity contribution in [1.29, 1.82) is 0 Å². The summed E-state index contributed by atoms with van der Waals surface area (Å²) in [5.74, 6) is 0. The van der Waals surface area contributed by atoms with Crippen LogP contribution in [0.2, 0.25) is 0 Å². The van der Waals surface area contributed by atoms with Crippen molar-refractivity contribution < 1.29 is 5.11 Å². The van der Waals surface area contributed by atoms with Crippen LogP contribution in [0.25, 0.3) is 10.2 Å². The first kappa shape index (κ1) is 12.1. The van der Waals surface area contributed by atoms with Gasteiger partial charge in [0.1, 0.15) is 4.83 Å². The predicted octanol–water partition coefficient (Wildman–Crippen LogP) is 2.00. The fourth-order valence-electron chi connectivity index (χ4n) is 1.95. The van der Waals surface area contributed by atoms with Crippen LogP contribution < -0.4 is 5.56 Å². The van der Waals surface area contributed by atoms with Gasteiger partial charge in [-0.1, -0.05) is 24.3 Å². The Morgan fingerprint density at radius 2 is 1.89 bits per heavy atom. The summed E-state index contributed by atoms with van der Waals surface area (Å²) in [5.41, 5.74) is 1.86. The van der Waals surface area contributed by atoms with Crippen LogP contribution in [-0.4, -0.2) is 14.7 Å². The van der Waals surface area contributed by atoms with Gasteiger partial charge in [0.15, 0.2) is 0 Å². The molecule has 19 heavy (non-hydrogen) atoms. The predicted molar refractivity (Wildman–Crippen MR) is 75.3 cm³/mol. The fraction of sp³-hybridized carbons (Fsp3) is 0.143. The average molecular weight is 272 g/mol. The van der Waals surface area contributed by atoms with Crippen LogP contribution in [0.5, 0.6) is 0 Å². The summed E-state index contributed by atoms with van der Waals surface area (Å²) in [4.78, 5) is 17.3. The van der Waals surface area contributed by atoms with Gasteiger partial charge in [-0.15, -0.1) is 11.3 Å². The van der Waals surface area contributed by atoms with Gasteiger partial charge in [0.2, 0.25) is 0 Å². The summed E-state index contributed by atoms with van der Waals surface area (Å²) in [6.45, 7) is 0.520. The van der Waals surface area contributed by atoms with Crippen molar-refractivity contribution in [2.45, 2.75) is 13.2 Å². The highest BCUT2D eigenvalue weighted by Crippen LogP contribution is 2.14. The molecule has 0 aliphatic rings. The highest BCUT2D eigenvalue weighted by Gasteiger charge is 2.05. The van der Waals surface area contributed by atoms with E-state index in [9.17, 15) is 4.79 Å². The van der Waals surface area contributed by atoms with Crippen LogP contribution in [0.4, 0.5) is 0 Å². The van der Waals surface area contributed by atoms with Gasteiger partial charge in [-0.25, -0.2) is 4.98 Å². The van der Waals surface area contributed by atoms with Crippen LogP contribution in [-0.2, 0) is 13.2 Å². The highest BCUT2D eigenvalue weighted by molar-refractivity contribution is 7.16. The summed E-state index contributed by atoms with van der Waals surface area (Å²) >= 11 is 1.47. The first-order valence-electron chi connectivity index (χ1n) is 5.89. The maximum atomic E-state index is 12.2. The van der Waals surface area contributed by atoms with E-state index in [1.807, 2.05) is 29.6 Å². The molecule has 1 N–H and O–H groups in total. The molecule has 3 rings (SSSR count). The van der Waals surface area contributed by atoms with E-state index in [-0.39, 0.29) is 12.2 Å². The molecule has 3 aromatic rings. The van der Waals surface area contributed by atoms with Gasteiger partial charge in [0.05, 0.1) is 24.9 Å². The molecule has 1 aromatic carbocycles. The minimum atomic E-state index is -0.0162. The topological polar surface area (TPSA) is 55.1 Å². The van der Waals surface area contributed by atoms with E-state index in [4.69, 9.17) is 5.11 Å². The summed E-state index contributed by atoms with van der Waals surface area (Å²) in [6, 6.07) is 9.35. The molecule has 5 heteroatoms. The Hall–Kier alpha value is -1.98. The summed E-state index contributed by atoms with van der Waals surface area (Å²) in [5, 5.41) is 11.5. The SMILES string of the molecule is O=c1c2ccsc2ncn1Cc1ccc(CO)cc1. The van der Waals surface area contributed by atoms with E-state index >= 15 is 0 Å². The number of hydrogen-bond acceptors (Lipinski definition) is 4. The van der Waals surface area contributed by atoms with E-state index in [2.05, 4.69) is 4.98 Å². The Bertz CT molecular complexity index is 759. The third-order valence-corrected chi connectivity index (χ3v) is 3.83. The molecule has 0 atom stereocenters. The Kier molecular flexibility index (Phi) is 3.15. The summed E-state index contributed by atoms with van der Waals surface area (Å²) < 4.78 is 1.60. The smallest absolute Gasteiger partial charge is 0.262 e. The Morgan fingerprint density at radius 1 is 1.16 bits per heavy atom. The number of benzene rings is 1. The molecule has 96 valence electrons. The first-order chi connectivity index (χ1) is 9.28. The third kappa shape index (κ3) is 2.30. The van der Waals surface area contributed by atoms with E-state index in [0.29, 0.717) is 11.9 Å². The quantitative estimate of drug-likeness (QED) is 0.793. The van der Waals surface area contributed by atoms with Crippen LogP contribution in [0.15, 0.2) is 46.8 Å². The number of aliphatic hydroxyl groups excluding tert-OH is 1. The van der Waals surface area contributed by atoms with Gasteiger partial charge in [-0.3, -0.25) is 9.36 Å². The second-order valence-electron chi connectivity index (χ2n) is 4.29. The van der Waals surface area contributed by atoms with E-state index in [1.54, 1.807) is 17.0 Å². The molecule has 2 heterocycles. The lowest BCUT2D eigenvalue weighted by atomic mass is 10.1. The van der Waals surface area contributed by atoms with Gasteiger partial charge >= 0.3 is 0 Å². The van der Waals surface area contributed by atoms with Gasteiger partial charge in [0, 0.05) is 0 Å². The number of nitrogens with zero attached hydrogens (tertiary/aromatic N) is 2. The molecule has 2 aromatic heterocycles. The molecule has 0 unspecified atom stereocenters. The normalized spacial score (nSPS) is 11.0. The average Bonchev–Trinajstić information content (AvgIpc) is 2.92. The van der Waals surface area contributed by atoms with Crippen LogP contribution >= 0.6 is 11.3 Å². The summed E-state index contributed by atoms with van der Waals surface area (Å²) in [6.07, 6.45) is 1.58. The molecule has 0 aliphatic carbocycles. The first-order valence-corrected chi connectivity index (χ1v) is 6.77. The molecular weight excluding hydrogens is 260 g/mol. The van der Waals surface area contributed by atoms with Gasteiger partial charge in [-0.2, -0.15) is 0 Å². The highest BCUT2D eigenvalue weighted by atomic mass is 32.1. The molecule has 0 bridgehead atoms. The monoisotopic (exact) mass is 272 g/mol. The number of rotatable bonds is 3. The second kappa shape index (κ2) is 4.95. The van der Waals surface area contributed by atoms with Crippen molar-refractivity contribution in [2.24, 2.45) is 0 Å². The zero-order chi connectivity index (χ0) is 13.2. The van der Waals surface area contributed by atoms with Gasteiger partial charge in [-0.05, 0) is 22.6 Å². The number of hydrogen-bond donors (Lipinski definition) is 1.